The second kappa shape index (κ2) is 2.77. The van der Waals surface area contributed by atoms with E-state index >= 15 is 0 Å². The molecule has 0 saturated heterocycles. The number of nitrogens with two attached hydrogens (primary N) is 1. The van der Waals surface area contributed by atoms with E-state index in [0.717, 1.165) is 6.07 Å². The molecule has 0 unspecified atom stereocenters. The van der Waals surface area contributed by atoms with Gasteiger partial charge in [-0.15, -0.1) is 0 Å². The van der Waals surface area contributed by atoms with Crippen molar-refractivity contribution < 1.29 is 4.39 Å². The van der Waals surface area contributed by atoms with Crippen LogP contribution in [0.3, 0.4) is 0 Å². The highest BCUT2D eigenvalue weighted by Gasteiger charge is 2.07. The molecule has 11 heavy (non-hydrogen) atoms. The fourth-order valence-electron chi connectivity index (χ4n) is 0.692. The minimum Gasteiger partial charge on any atom is -0.399 e. The molecule has 56 valence electrons. The second-order valence-electron chi connectivity index (χ2n) is 1.94. The van der Waals surface area contributed by atoms with Crippen LogP contribution < -0.4 is 5.73 Å². The summed E-state index contributed by atoms with van der Waals surface area (Å²) in [5.41, 5.74) is 5.30. The molecule has 0 aromatic heterocycles. The first-order valence-electron chi connectivity index (χ1n) is 2.77. The Bertz CT molecular complexity index is 307. The van der Waals surface area contributed by atoms with Gasteiger partial charge in [-0.3, -0.25) is 0 Å². The van der Waals surface area contributed by atoms with E-state index in [2.05, 4.69) is 4.85 Å². The van der Waals surface area contributed by atoms with Gasteiger partial charge in [-0.25, -0.2) is 9.24 Å². The van der Waals surface area contributed by atoms with E-state index in [1.165, 1.54) is 6.07 Å². The number of benzene rings is 1. The molecule has 0 radical (unpaired) electrons. The first kappa shape index (κ1) is 7.83. The molecule has 4 heteroatoms. The zero-order chi connectivity index (χ0) is 8.43. The highest BCUT2D eigenvalue weighted by atomic mass is 35.5. The van der Waals surface area contributed by atoms with Gasteiger partial charge in [-0.05, 0) is 12.1 Å². The van der Waals surface area contributed by atoms with Crippen molar-refractivity contribution in [3.63, 3.8) is 0 Å². The normalized spacial score (nSPS) is 9.18. The van der Waals surface area contributed by atoms with Crippen molar-refractivity contribution in [1.82, 2.24) is 0 Å². The van der Waals surface area contributed by atoms with E-state index in [9.17, 15) is 4.39 Å². The molecular weight excluding hydrogens is 167 g/mol. The Kier molecular flexibility index (Phi) is 1.97. The Labute approximate surface area is 68.2 Å². The molecule has 0 aliphatic rings. The summed E-state index contributed by atoms with van der Waals surface area (Å²) in [5.74, 6) is -0.676. The van der Waals surface area contributed by atoms with Gasteiger partial charge in [0, 0.05) is 5.69 Å². The molecule has 0 atom stereocenters. The van der Waals surface area contributed by atoms with Crippen molar-refractivity contribution in [2.45, 2.75) is 0 Å². The summed E-state index contributed by atoms with van der Waals surface area (Å²) in [6, 6.07) is 2.41. The number of rotatable bonds is 0. The molecule has 0 bridgehead atoms. The molecule has 0 amide bonds. The van der Waals surface area contributed by atoms with Gasteiger partial charge >= 0.3 is 0 Å². The number of hydrogen-bond donors (Lipinski definition) is 1. The Morgan fingerprint density at radius 1 is 1.55 bits per heavy atom. The predicted octanol–water partition coefficient (Wildman–Crippen LogP) is 2.61. The van der Waals surface area contributed by atoms with Crippen LogP contribution in [0.15, 0.2) is 12.1 Å². The molecule has 0 aliphatic heterocycles. The van der Waals surface area contributed by atoms with Crippen molar-refractivity contribution in [3.05, 3.63) is 34.4 Å². The Morgan fingerprint density at radius 2 is 2.18 bits per heavy atom. The lowest BCUT2D eigenvalue weighted by Crippen LogP contribution is -1.86. The SMILES string of the molecule is [C-]#[N+]c1c(F)cc(N)cc1Cl. The lowest BCUT2D eigenvalue weighted by atomic mass is 10.3. The van der Waals surface area contributed by atoms with Gasteiger partial charge in [0.25, 0.3) is 0 Å². The van der Waals surface area contributed by atoms with Crippen LogP contribution in [0.5, 0.6) is 0 Å². The highest BCUT2D eigenvalue weighted by molar-refractivity contribution is 6.33. The van der Waals surface area contributed by atoms with Crippen LogP contribution in [0, 0.1) is 12.4 Å². The van der Waals surface area contributed by atoms with E-state index in [1.807, 2.05) is 0 Å². The Hall–Kier alpha value is -1.27. The summed E-state index contributed by atoms with van der Waals surface area (Å²) in [5, 5.41) is 0.0532. The lowest BCUT2D eigenvalue weighted by molar-refractivity contribution is 0.634. The van der Waals surface area contributed by atoms with Gasteiger partial charge in [-0.1, -0.05) is 11.6 Å². The molecule has 2 nitrogen and oxygen atoms in total. The average Bonchev–Trinajstić information content (AvgIpc) is 1.85. The number of nitrogen functional groups attached to an aromatic ring is 1. The lowest BCUT2D eigenvalue weighted by Gasteiger charge is -1.98. The summed E-state index contributed by atoms with van der Waals surface area (Å²) in [6.45, 7) is 6.56. The number of hydrogen-bond acceptors (Lipinski definition) is 1. The molecular formula is C7H4ClFN2. The van der Waals surface area contributed by atoms with E-state index in [0.29, 0.717) is 0 Å². The topological polar surface area (TPSA) is 30.4 Å². The Morgan fingerprint density at radius 3 is 2.64 bits per heavy atom. The number of anilines is 1. The monoisotopic (exact) mass is 170 g/mol. The Balaban J connectivity index is 3.40. The van der Waals surface area contributed by atoms with Gasteiger partial charge < -0.3 is 5.73 Å². The maximum atomic E-state index is 12.7. The van der Waals surface area contributed by atoms with Crippen LogP contribution >= 0.6 is 11.6 Å². The third-order valence-corrected chi connectivity index (χ3v) is 1.44. The quantitative estimate of drug-likeness (QED) is 0.471. The average molecular weight is 171 g/mol. The summed E-state index contributed by atoms with van der Waals surface area (Å²) < 4.78 is 12.7. The molecule has 1 aromatic carbocycles. The van der Waals surface area contributed by atoms with Crippen molar-refractivity contribution in [1.29, 1.82) is 0 Å². The molecule has 1 rings (SSSR count). The van der Waals surface area contributed by atoms with Crippen LogP contribution in [-0.2, 0) is 0 Å². The zero-order valence-electron chi connectivity index (χ0n) is 5.44. The van der Waals surface area contributed by atoms with E-state index in [4.69, 9.17) is 23.9 Å². The van der Waals surface area contributed by atoms with E-state index in [1.54, 1.807) is 0 Å². The molecule has 0 saturated carbocycles. The van der Waals surface area contributed by atoms with E-state index < -0.39 is 5.82 Å². The number of nitrogens with zero attached hydrogens (tertiary/aromatic N) is 1. The van der Waals surface area contributed by atoms with Crippen LogP contribution in [0.4, 0.5) is 15.8 Å². The van der Waals surface area contributed by atoms with Crippen molar-refractivity contribution in [2.75, 3.05) is 5.73 Å². The predicted molar refractivity (Wildman–Crippen MR) is 42.1 cm³/mol. The van der Waals surface area contributed by atoms with Gasteiger partial charge in [0.15, 0.2) is 0 Å². The fourth-order valence-corrected chi connectivity index (χ4v) is 0.950. The molecule has 2 N–H and O–H groups in total. The zero-order valence-corrected chi connectivity index (χ0v) is 6.19. The first-order chi connectivity index (χ1) is 5.15. The van der Waals surface area contributed by atoms with Crippen LogP contribution in [-0.4, -0.2) is 0 Å². The third kappa shape index (κ3) is 1.41. The standard InChI is InChI=1S/C7H4ClFN2/c1-11-7-5(8)2-4(10)3-6(7)9/h2-3H,10H2. The van der Waals surface area contributed by atoms with Crippen molar-refractivity contribution >= 4 is 23.0 Å². The van der Waals surface area contributed by atoms with Crippen LogP contribution in [0.1, 0.15) is 0 Å². The van der Waals surface area contributed by atoms with Gasteiger partial charge in [0.2, 0.25) is 5.69 Å². The number of halogens is 2. The maximum Gasteiger partial charge on any atom is 0.240 e. The van der Waals surface area contributed by atoms with Gasteiger partial charge in [0.1, 0.15) is 5.82 Å². The van der Waals surface area contributed by atoms with Crippen molar-refractivity contribution in [2.24, 2.45) is 0 Å². The van der Waals surface area contributed by atoms with E-state index in [-0.39, 0.29) is 16.4 Å². The molecule has 0 spiro atoms. The van der Waals surface area contributed by atoms with Crippen LogP contribution in [0.2, 0.25) is 5.02 Å². The van der Waals surface area contributed by atoms with Crippen LogP contribution in [0.25, 0.3) is 4.85 Å². The summed E-state index contributed by atoms with van der Waals surface area (Å²) in [4.78, 5) is 2.90. The minimum atomic E-state index is -0.676. The van der Waals surface area contributed by atoms with Gasteiger partial charge in [-0.2, -0.15) is 0 Å². The third-order valence-electron chi connectivity index (χ3n) is 1.15. The minimum absolute atomic E-state index is 0.0532. The summed E-state index contributed by atoms with van der Waals surface area (Å²) in [7, 11) is 0. The summed E-state index contributed by atoms with van der Waals surface area (Å²) >= 11 is 5.50. The maximum absolute atomic E-state index is 12.7. The molecule has 0 heterocycles. The summed E-state index contributed by atoms with van der Waals surface area (Å²) in [6.07, 6.45) is 0. The molecule has 0 fully saturated rings. The smallest absolute Gasteiger partial charge is 0.240 e. The fraction of sp³-hybridized carbons (Fsp3) is 0. The van der Waals surface area contributed by atoms with Gasteiger partial charge in [0.05, 0.1) is 11.6 Å². The molecule has 0 aliphatic carbocycles. The second-order valence-corrected chi connectivity index (χ2v) is 2.35. The molecule has 1 aromatic rings. The first-order valence-corrected chi connectivity index (χ1v) is 3.15. The van der Waals surface area contributed by atoms with Crippen molar-refractivity contribution in [3.8, 4) is 0 Å². The largest absolute Gasteiger partial charge is 0.399 e. The highest BCUT2D eigenvalue weighted by Crippen LogP contribution is 2.30.